The van der Waals surface area contributed by atoms with Crippen LogP contribution in [0.1, 0.15) is 0 Å². The average molecular weight is 314 g/mol. The topological polar surface area (TPSA) is 90.4 Å². The Morgan fingerprint density at radius 3 is 2.55 bits per heavy atom. The van der Waals surface area contributed by atoms with Crippen LogP contribution in [0.5, 0.6) is 11.5 Å². The minimum absolute atomic E-state index is 0.0228. The summed E-state index contributed by atoms with van der Waals surface area (Å²) in [5.41, 5.74) is 2.11. The number of para-hydroxylation sites is 1. The number of nitrogen functional groups attached to an aromatic ring is 1. The van der Waals surface area contributed by atoms with E-state index in [4.69, 9.17) is 33.8 Å². The van der Waals surface area contributed by atoms with E-state index in [1.807, 2.05) is 0 Å². The second-order valence-electron chi connectivity index (χ2n) is 3.73. The summed E-state index contributed by atoms with van der Waals surface area (Å²) in [5, 5.41) is 11.8. The molecule has 8 heteroatoms. The molecular weight excluding hydrogens is 305 g/mol. The molecule has 0 aliphatic carbocycles. The fraction of sp³-hybridized carbons (Fsp3) is 0. The van der Waals surface area contributed by atoms with Gasteiger partial charge in [0.1, 0.15) is 11.4 Å². The van der Waals surface area contributed by atoms with E-state index in [0.29, 0.717) is 5.02 Å². The molecule has 0 fully saturated rings. The van der Waals surface area contributed by atoms with Crippen LogP contribution in [0.2, 0.25) is 10.0 Å². The molecule has 0 aromatic heterocycles. The van der Waals surface area contributed by atoms with Gasteiger partial charge in [0.25, 0.3) is 0 Å². The summed E-state index contributed by atoms with van der Waals surface area (Å²) in [4.78, 5) is 10.5. The second kappa shape index (κ2) is 5.96. The minimum Gasteiger partial charge on any atom is -0.448 e. The molecule has 0 amide bonds. The zero-order chi connectivity index (χ0) is 14.7. The van der Waals surface area contributed by atoms with Crippen molar-refractivity contribution < 1.29 is 9.66 Å². The van der Waals surface area contributed by atoms with Gasteiger partial charge in [-0.15, -0.1) is 0 Å². The largest absolute Gasteiger partial charge is 0.448 e. The third kappa shape index (κ3) is 2.93. The SMILES string of the molecule is NNc1cccc(Oc2ccc(Cl)cc2Cl)c1[N+](=O)[O-]. The number of halogens is 2. The zero-order valence-corrected chi connectivity index (χ0v) is 11.5. The lowest BCUT2D eigenvalue weighted by Crippen LogP contribution is -2.09. The van der Waals surface area contributed by atoms with E-state index in [-0.39, 0.29) is 27.9 Å². The lowest BCUT2D eigenvalue weighted by atomic mass is 10.2. The molecule has 0 saturated carbocycles. The Morgan fingerprint density at radius 1 is 1.20 bits per heavy atom. The Morgan fingerprint density at radius 2 is 1.95 bits per heavy atom. The van der Waals surface area contributed by atoms with Gasteiger partial charge in [-0.25, -0.2) is 0 Å². The van der Waals surface area contributed by atoms with Crippen molar-refractivity contribution in [3.63, 3.8) is 0 Å². The molecule has 2 aromatic carbocycles. The number of hydrazine groups is 1. The fourth-order valence-corrected chi connectivity index (χ4v) is 2.03. The van der Waals surface area contributed by atoms with Crippen molar-refractivity contribution in [2.24, 2.45) is 5.84 Å². The summed E-state index contributed by atoms with van der Waals surface area (Å²) in [5.74, 6) is 5.53. The summed E-state index contributed by atoms with van der Waals surface area (Å²) < 4.78 is 5.47. The molecule has 2 aromatic rings. The summed E-state index contributed by atoms with van der Waals surface area (Å²) in [7, 11) is 0. The quantitative estimate of drug-likeness (QED) is 0.506. The fourth-order valence-electron chi connectivity index (χ4n) is 1.59. The Hall–Kier alpha value is -2.02. The first-order valence-corrected chi connectivity index (χ1v) is 6.15. The Balaban J connectivity index is 2.45. The van der Waals surface area contributed by atoms with Gasteiger partial charge in [0.15, 0.2) is 0 Å². The molecule has 0 aliphatic heterocycles. The van der Waals surface area contributed by atoms with Crippen molar-refractivity contribution in [3.05, 3.63) is 56.6 Å². The molecule has 2 rings (SSSR count). The van der Waals surface area contributed by atoms with Gasteiger partial charge in [-0.05, 0) is 30.3 Å². The van der Waals surface area contributed by atoms with Crippen LogP contribution in [-0.4, -0.2) is 4.92 Å². The molecule has 20 heavy (non-hydrogen) atoms. The van der Waals surface area contributed by atoms with Crippen LogP contribution < -0.4 is 16.0 Å². The van der Waals surface area contributed by atoms with Crippen molar-refractivity contribution in [1.82, 2.24) is 0 Å². The number of benzene rings is 2. The van der Waals surface area contributed by atoms with E-state index in [0.717, 1.165) is 0 Å². The van der Waals surface area contributed by atoms with E-state index in [9.17, 15) is 10.1 Å². The standard InChI is InChI=1S/C12H9Cl2N3O3/c13-7-4-5-10(8(14)6-7)20-11-3-1-2-9(16-15)12(11)17(18)19/h1-6,16H,15H2. The van der Waals surface area contributed by atoms with Crippen molar-refractivity contribution >= 4 is 34.6 Å². The first kappa shape index (κ1) is 14.4. The lowest BCUT2D eigenvalue weighted by Gasteiger charge is -2.10. The molecule has 0 saturated heterocycles. The zero-order valence-electron chi connectivity index (χ0n) is 9.97. The highest BCUT2D eigenvalue weighted by molar-refractivity contribution is 6.35. The molecule has 0 bridgehead atoms. The Bertz CT molecular complexity index is 664. The number of nitrogens with zero attached hydrogens (tertiary/aromatic N) is 1. The molecule has 104 valence electrons. The Labute approximate surface area is 124 Å². The lowest BCUT2D eigenvalue weighted by molar-refractivity contribution is -0.384. The number of nitrogens with two attached hydrogens (primary N) is 1. The maximum absolute atomic E-state index is 11.1. The van der Waals surface area contributed by atoms with E-state index in [1.54, 1.807) is 12.1 Å². The predicted molar refractivity (Wildman–Crippen MR) is 77.4 cm³/mol. The first-order valence-electron chi connectivity index (χ1n) is 5.40. The maximum atomic E-state index is 11.1. The highest BCUT2D eigenvalue weighted by atomic mass is 35.5. The van der Waals surface area contributed by atoms with E-state index >= 15 is 0 Å². The van der Waals surface area contributed by atoms with Crippen molar-refractivity contribution in [2.45, 2.75) is 0 Å². The summed E-state index contributed by atoms with van der Waals surface area (Å²) in [6, 6.07) is 9.06. The van der Waals surface area contributed by atoms with Gasteiger partial charge >= 0.3 is 5.69 Å². The molecule has 3 N–H and O–H groups in total. The third-order valence-electron chi connectivity index (χ3n) is 2.45. The van der Waals surface area contributed by atoms with Gasteiger partial charge in [-0.2, -0.15) is 0 Å². The van der Waals surface area contributed by atoms with Crippen LogP contribution in [0, 0.1) is 10.1 Å². The van der Waals surface area contributed by atoms with Gasteiger partial charge in [0.2, 0.25) is 5.75 Å². The predicted octanol–water partition coefficient (Wildman–Crippen LogP) is 3.98. The van der Waals surface area contributed by atoms with Gasteiger partial charge in [-0.1, -0.05) is 29.3 Å². The van der Waals surface area contributed by atoms with Crippen LogP contribution in [-0.2, 0) is 0 Å². The van der Waals surface area contributed by atoms with Crippen LogP contribution >= 0.6 is 23.2 Å². The summed E-state index contributed by atoms with van der Waals surface area (Å²) in [6.45, 7) is 0. The van der Waals surface area contributed by atoms with Gasteiger partial charge in [-0.3, -0.25) is 16.0 Å². The number of nitro groups is 1. The maximum Gasteiger partial charge on any atom is 0.335 e. The summed E-state index contributed by atoms with van der Waals surface area (Å²) >= 11 is 11.7. The molecule has 6 nitrogen and oxygen atoms in total. The molecule has 0 heterocycles. The number of hydrogen-bond donors (Lipinski definition) is 2. The molecular formula is C12H9Cl2N3O3. The van der Waals surface area contributed by atoms with E-state index < -0.39 is 4.92 Å². The molecule has 0 aliphatic rings. The number of nitro benzene ring substituents is 1. The highest BCUT2D eigenvalue weighted by Crippen LogP contribution is 2.39. The number of nitrogens with one attached hydrogen (secondary N) is 1. The average Bonchev–Trinajstić information content (AvgIpc) is 2.41. The Kier molecular flexibility index (Phi) is 4.29. The number of ether oxygens (including phenoxy) is 1. The molecule has 0 atom stereocenters. The number of anilines is 1. The van der Waals surface area contributed by atoms with Crippen molar-refractivity contribution in [2.75, 3.05) is 5.43 Å². The molecule has 0 spiro atoms. The van der Waals surface area contributed by atoms with Gasteiger partial charge in [0.05, 0.1) is 9.95 Å². The number of hydrogen-bond acceptors (Lipinski definition) is 5. The molecule has 0 unspecified atom stereocenters. The monoisotopic (exact) mass is 313 g/mol. The summed E-state index contributed by atoms with van der Waals surface area (Å²) in [6.07, 6.45) is 0. The minimum atomic E-state index is -0.589. The van der Waals surface area contributed by atoms with E-state index in [1.165, 1.54) is 24.3 Å². The second-order valence-corrected chi connectivity index (χ2v) is 4.57. The van der Waals surface area contributed by atoms with Gasteiger partial charge in [0, 0.05) is 5.02 Å². The van der Waals surface area contributed by atoms with E-state index in [2.05, 4.69) is 5.43 Å². The first-order chi connectivity index (χ1) is 9.52. The van der Waals surface area contributed by atoms with Crippen LogP contribution in [0.15, 0.2) is 36.4 Å². The smallest absolute Gasteiger partial charge is 0.335 e. The van der Waals surface area contributed by atoms with Crippen LogP contribution in [0.4, 0.5) is 11.4 Å². The van der Waals surface area contributed by atoms with Crippen molar-refractivity contribution in [1.29, 1.82) is 0 Å². The van der Waals surface area contributed by atoms with Gasteiger partial charge < -0.3 is 10.2 Å². The van der Waals surface area contributed by atoms with Crippen molar-refractivity contribution in [3.8, 4) is 11.5 Å². The normalized spacial score (nSPS) is 10.2. The third-order valence-corrected chi connectivity index (χ3v) is 2.98. The van der Waals surface area contributed by atoms with Crippen LogP contribution in [0.25, 0.3) is 0 Å². The highest BCUT2D eigenvalue weighted by Gasteiger charge is 2.21. The van der Waals surface area contributed by atoms with Crippen LogP contribution in [0.3, 0.4) is 0 Å². The molecule has 0 radical (unpaired) electrons. The number of rotatable bonds is 4.